The number of halogens is 1. The molecule has 5 rings (SSSR count). The van der Waals surface area contributed by atoms with E-state index in [1.807, 2.05) is 29.2 Å². The first-order chi connectivity index (χ1) is 15.5. The van der Waals surface area contributed by atoms with Gasteiger partial charge in [0.05, 0.1) is 16.8 Å². The molecule has 3 amide bonds. The van der Waals surface area contributed by atoms with E-state index in [9.17, 15) is 14.4 Å². The smallest absolute Gasteiger partial charge is 0.261 e. The second-order valence-electron chi connectivity index (χ2n) is 8.02. The number of H-pyrrole nitrogens is 1. The number of hydrogen-bond donors (Lipinski definition) is 1. The molecule has 0 spiro atoms. The van der Waals surface area contributed by atoms with Crippen molar-refractivity contribution >= 4 is 29.3 Å². The summed E-state index contributed by atoms with van der Waals surface area (Å²) in [5.74, 6) is -0.569. The Morgan fingerprint density at radius 1 is 1.06 bits per heavy atom. The number of rotatable bonds is 5. The Morgan fingerprint density at radius 2 is 1.81 bits per heavy atom. The molecule has 1 N–H and O–H groups in total. The summed E-state index contributed by atoms with van der Waals surface area (Å²) < 4.78 is 0. The third-order valence-corrected chi connectivity index (χ3v) is 6.27. The fourth-order valence-corrected chi connectivity index (χ4v) is 4.56. The third-order valence-electron chi connectivity index (χ3n) is 6.03. The van der Waals surface area contributed by atoms with Gasteiger partial charge < -0.3 is 4.90 Å². The highest BCUT2D eigenvalue weighted by atomic mass is 35.5. The summed E-state index contributed by atoms with van der Waals surface area (Å²) in [5.41, 5.74) is 4.63. The van der Waals surface area contributed by atoms with E-state index in [0.29, 0.717) is 42.1 Å². The molecule has 0 bridgehead atoms. The monoisotopic (exact) mass is 448 g/mol. The zero-order chi connectivity index (χ0) is 22.2. The number of hydrogen-bond acceptors (Lipinski definition) is 4. The molecule has 2 aromatic carbocycles. The lowest BCUT2D eigenvalue weighted by atomic mass is 10.0. The van der Waals surface area contributed by atoms with Crippen molar-refractivity contribution in [2.75, 3.05) is 13.1 Å². The minimum Gasteiger partial charge on any atom is -0.338 e. The summed E-state index contributed by atoms with van der Waals surface area (Å²) in [5, 5.41) is 8.18. The third kappa shape index (κ3) is 3.58. The van der Waals surface area contributed by atoms with Crippen LogP contribution in [0.1, 0.15) is 44.8 Å². The molecule has 3 heterocycles. The molecule has 0 aliphatic carbocycles. The van der Waals surface area contributed by atoms with Gasteiger partial charge in [0.2, 0.25) is 5.91 Å². The first-order valence-electron chi connectivity index (χ1n) is 10.6. The Balaban J connectivity index is 1.22. The zero-order valence-corrected chi connectivity index (χ0v) is 18.1. The molecule has 3 aromatic rings. The highest BCUT2D eigenvalue weighted by Crippen LogP contribution is 2.30. The number of amides is 3. The van der Waals surface area contributed by atoms with Crippen LogP contribution in [0.2, 0.25) is 5.02 Å². The Labute approximate surface area is 190 Å². The molecular formula is C24H21ClN4O3. The van der Waals surface area contributed by atoms with Gasteiger partial charge in [-0.15, -0.1) is 0 Å². The highest BCUT2D eigenvalue weighted by molar-refractivity contribution is 6.30. The fourth-order valence-electron chi connectivity index (χ4n) is 4.37. The molecule has 0 fully saturated rings. The quantitative estimate of drug-likeness (QED) is 0.603. The second-order valence-corrected chi connectivity index (χ2v) is 8.45. The Kier molecular flexibility index (Phi) is 5.27. The summed E-state index contributed by atoms with van der Waals surface area (Å²) in [6.45, 7) is 1.31. The van der Waals surface area contributed by atoms with Crippen molar-refractivity contribution in [3.8, 4) is 11.3 Å². The Hall–Kier alpha value is -3.45. The standard InChI is InChI=1S/C24H21ClN4O3/c25-16-6-3-5-15(13-16)22-19-14-28(12-10-20(19)26-27-22)21(30)9-4-11-29-23(31)17-7-1-2-8-18(17)24(29)32/h1-3,5-8,13H,4,9-12,14H2,(H,26,27). The molecule has 7 nitrogen and oxygen atoms in total. The van der Waals surface area contributed by atoms with Crippen molar-refractivity contribution in [1.29, 1.82) is 0 Å². The van der Waals surface area contributed by atoms with E-state index >= 15 is 0 Å². The normalized spacial score (nSPS) is 15.2. The summed E-state index contributed by atoms with van der Waals surface area (Å²) in [6.07, 6.45) is 1.40. The number of imide groups is 1. The van der Waals surface area contributed by atoms with Gasteiger partial charge in [0.15, 0.2) is 0 Å². The molecule has 0 radical (unpaired) electrons. The molecule has 2 aliphatic rings. The topological polar surface area (TPSA) is 86.4 Å². The van der Waals surface area contributed by atoms with Gasteiger partial charge in [-0.1, -0.05) is 35.9 Å². The maximum absolute atomic E-state index is 12.9. The largest absolute Gasteiger partial charge is 0.338 e. The molecule has 0 unspecified atom stereocenters. The van der Waals surface area contributed by atoms with Crippen LogP contribution >= 0.6 is 11.6 Å². The Morgan fingerprint density at radius 3 is 2.53 bits per heavy atom. The summed E-state index contributed by atoms with van der Waals surface area (Å²) in [4.78, 5) is 40.9. The summed E-state index contributed by atoms with van der Waals surface area (Å²) >= 11 is 6.13. The number of aromatic nitrogens is 2. The average molecular weight is 449 g/mol. The van der Waals surface area contributed by atoms with Crippen LogP contribution < -0.4 is 0 Å². The lowest BCUT2D eigenvalue weighted by molar-refractivity contribution is -0.132. The minimum absolute atomic E-state index is 0.00510. The van der Waals surface area contributed by atoms with Crippen molar-refractivity contribution in [3.05, 3.63) is 75.9 Å². The molecule has 8 heteroatoms. The van der Waals surface area contributed by atoms with Crippen molar-refractivity contribution < 1.29 is 14.4 Å². The molecule has 2 aliphatic heterocycles. The second kappa shape index (κ2) is 8.24. The molecule has 0 saturated carbocycles. The molecule has 0 saturated heterocycles. The SMILES string of the molecule is O=C(CCCN1C(=O)c2ccccc2C1=O)N1CCc2[nH]nc(-c3cccc(Cl)c3)c2C1. The number of nitrogens with one attached hydrogen (secondary N) is 1. The van der Waals surface area contributed by atoms with Gasteiger partial charge in [-0.3, -0.25) is 24.4 Å². The number of aromatic amines is 1. The predicted octanol–water partition coefficient (Wildman–Crippen LogP) is 3.69. The lowest BCUT2D eigenvalue weighted by Gasteiger charge is -2.27. The van der Waals surface area contributed by atoms with E-state index in [-0.39, 0.29) is 30.7 Å². The van der Waals surface area contributed by atoms with Gasteiger partial charge in [-0.2, -0.15) is 5.10 Å². The van der Waals surface area contributed by atoms with E-state index in [2.05, 4.69) is 10.2 Å². The van der Waals surface area contributed by atoms with Gasteiger partial charge >= 0.3 is 0 Å². The first kappa shape index (κ1) is 20.5. The maximum atomic E-state index is 12.9. The van der Waals surface area contributed by atoms with E-state index in [0.717, 1.165) is 22.5 Å². The molecule has 32 heavy (non-hydrogen) atoms. The number of carbonyl (C=O) groups excluding carboxylic acids is 3. The van der Waals surface area contributed by atoms with Crippen LogP contribution in [0.4, 0.5) is 0 Å². The van der Waals surface area contributed by atoms with Gasteiger partial charge in [0, 0.05) is 54.3 Å². The average Bonchev–Trinajstić information content (AvgIpc) is 3.33. The molecule has 0 atom stereocenters. The van der Waals surface area contributed by atoms with Gasteiger partial charge in [0.1, 0.15) is 0 Å². The van der Waals surface area contributed by atoms with Gasteiger partial charge in [-0.05, 0) is 30.7 Å². The van der Waals surface area contributed by atoms with Crippen LogP contribution in [0.15, 0.2) is 48.5 Å². The maximum Gasteiger partial charge on any atom is 0.261 e. The predicted molar refractivity (Wildman–Crippen MR) is 119 cm³/mol. The highest BCUT2D eigenvalue weighted by Gasteiger charge is 2.35. The van der Waals surface area contributed by atoms with Crippen LogP contribution in [0.3, 0.4) is 0 Å². The van der Waals surface area contributed by atoms with Gasteiger partial charge in [0.25, 0.3) is 11.8 Å². The van der Waals surface area contributed by atoms with E-state index in [1.54, 1.807) is 24.3 Å². The number of carbonyl (C=O) groups is 3. The molecular weight excluding hydrogens is 428 g/mol. The number of nitrogens with zero attached hydrogens (tertiary/aromatic N) is 3. The van der Waals surface area contributed by atoms with Crippen LogP contribution in [0.5, 0.6) is 0 Å². The van der Waals surface area contributed by atoms with Crippen molar-refractivity contribution in [1.82, 2.24) is 20.0 Å². The van der Waals surface area contributed by atoms with Gasteiger partial charge in [-0.25, -0.2) is 0 Å². The number of fused-ring (bicyclic) bond motifs is 2. The van der Waals surface area contributed by atoms with Crippen LogP contribution in [0.25, 0.3) is 11.3 Å². The zero-order valence-electron chi connectivity index (χ0n) is 17.3. The summed E-state index contributed by atoms with van der Waals surface area (Å²) in [6, 6.07) is 14.3. The van der Waals surface area contributed by atoms with Crippen LogP contribution in [-0.2, 0) is 17.8 Å². The van der Waals surface area contributed by atoms with E-state index in [1.165, 1.54) is 4.90 Å². The Bertz CT molecular complexity index is 1200. The fraction of sp³-hybridized carbons (Fsp3) is 0.250. The van der Waals surface area contributed by atoms with Crippen LogP contribution in [0, 0.1) is 0 Å². The van der Waals surface area contributed by atoms with E-state index in [4.69, 9.17) is 11.6 Å². The van der Waals surface area contributed by atoms with E-state index < -0.39 is 0 Å². The number of benzene rings is 2. The molecule has 1 aromatic heterocycles. The lowest BCUT2D eigenvalue weighted by Crippen LogP contribution is -2.37. The molecule has 162 valence electrons. The van der Waals surface area contributed by atoms with Crippen molar-refractivity contribution in [2.24, 2.45) is 0 Å². The van der Waals surface area contributed by atoms with Crippen molar-refractivity contribution in [3.63, 3.8) is 0 Å². The first-order valence-corrected chi connectivity index (χ1v) is 11.0. The van der Waals surface area contributed by atoms with Crippen molar-refractivity contribution in [2.45, 2.75) is 25.8 Å². The summed E-state index contributed by atoms with van der Waals surface area (Å²) in [7, 11) is 0. The minimum atomic E-state index is -0.287. The van der Waals surface area contributed by atoms with Crippen LogP contribution in [-0.4, -0.2) is 50.8 Å².